The Morgan fingerprint density at radius 1 is 1.09 bits per heavy atom. The van der Waals surface area contributed by atoms with Gasteiger partial charge in [-0.2, -0.15) is 0 Å². The van der Waals surface area contributed by atoms with E-state index in [0.29, 0.717) is 5.75 Å². The molecule has 0 aliphatic rings. The summed E-state index contributed by atoms with van der Waals surface area (Å²) in [6, 6.07) is 7.42. The molecule has 0 atom stereocenters. The van der Waals surface area contributed by atoms with E-state index in [2.05, 4.69) is 15.6 Å². The van der Waals surface area contributed by atoms with Crippen LogP contribution in [0.3, 0.4) is 0 Å². The Labute approximate surface area is 128 Å². The number of rotatable bonds is 6. The number of para-hydroxylation sites is 1. The van der Waals surface area contributed by atoms with Crippen molar-refractivity contribution in [3.8, 4) is 5.75 Å². The van der Waals surface area contributed by atoms with E-state index < -0.39 is 24.2 Å². The topological polar surface area (TPSA) is 93.7 Å². The van der Waals surface area contributed by atoms with Gasteiger partial charge in [-0.15, -0.1) is 0 Å². The molecular weight excluding hydrogens is 288 g/mol. The summed E-state index contributed by atoms with van der Waals surface area (Å²) < 4.78 is 9.77. The molecule has 120 valence electrons. The Morgan fingerprint density at radius 3 is 2.36 bits per heavy atom. The lowest BCUT2D eigenvalue weighted by Crippen LogP contribution is -2.44. The van der Waals surface area contributed by atoms with E-state index >= 15 is 0 Å². The molecule has 0 saturated carbocycles. The molecule has 22 heavy (non-hydrogen) atoms. The molecule has 0 aromatic heterocycles. The number of nitrogens with one attached hydrogen (secondary N) is 2. The maximum absolute atomic E-state index is 11.6. The minimum atomic E-state index is -0.686. The zero-order valence-corrected chi connectivity index (χ0v) is 12.8. The fraction of sp³-hybridized carbons (Fsp3) is 0.400. The van der Waals surface area contributed by atoms with Gasteiger partial charge in [-0.05, 0) is 17.5 Å². The van der Waals surface area contributed by atoms with Gasteiger partial charge in [0.25, 0.3) is 5.91 Å². The molecule has 7 nitrogen and oxygen atoms in total. The Balaban J connectivity index is 2.41. The summed E-state index contributed by atoms with van der Waals surface area (Å²) in [6.45, 7) is 3.80. The minimum absolute atomic E-state index is 0.248. The Bertz CT molecular complexity index is 542. The SMILES string of the molecule is COC(=O)CC(=O)NNC(=O)COc1ccccc1C(C)C. The lowest BCUT2D eigenvalue weighted by molar-refractivity contribution is -0.144. The molecular formula is C15H20N2O5. The summed E-state index contributed by atoms with van der Waals surface area (Å²) in [4.78, 5) is 33.7. The third-order valence-electron chi connectivity index (χ3n) is 2.77. The maximum Gasteiger partial charge on any atom is 0.315 e. The normalized spacial score (nSPS) is 10.0. The highest BCUT2D eigenvalue weighted by molar-refractivity contribution is 5.95. The smallest absolute Gasteiger partial charge is 0.315 e. The van der Waals surface area contributed by atoms with Gasteiger partial charge in [0.1, 0.15) is 12.2 Å². The average molecular weight is 308 g/mol. The summed E-state index contributed by atoms with van der Waals surface area (Å²) in [5.74, 6) is -0.999. The van der Waals surface area contributed by atoms with Crippen LogP contribution < -0.4 is 15.6 Å². The Morgan fingerprint density at radius 2 is 1.73 bits per heavy atom. The first-order chi connectivity index (χ1) is 10.4. The molecule has 0 heterocycles. The number of ether oxygens (including phenoxy) is 2. The molecule has 0 radical (unpaired) electrons. The van der Waals surface area contributed by atoms with Gasteiger partial charge in [0.05, 0.1) is 7.11 Å². The maximum atomic E-state index is 11.6. The standard InChI is InChI=1S/C15H20N2O5/c1-10(2)11-6-4-5-7-12(11)22-9-14(19)17-16-13(18)8-15(20)21-3/h4-7,10H,8-9H2,1-3H3,(H,16,18)(H,17,19). The van der Waals surface area contributed by atoms with Gasteiger partial charge < -0.3 is 9.47 Å². The van der Waals surface area contributed by atoms with Crippen molar-refractivity contribution in [2.24, 2.45) is 0 Å². The quantitative estimate of drug-likeness (QED) is 0.462. The van der Waals surface area contributed by atoms with Crippen molar-refractivity contribution < 1.29 is 23.9 Å². The largest absolute Gasteiger partial charge is 0.483 e. The van der Waals surface area contributed by atoms with Gasteiger partial charge in [-0.1, -0.05) is 32.0 Å². The average Bonchev–Trinajstić information content (AvgIpc) is 2.50. The van der Waals surface area contributed by atoms with Crippen LogP contribution in [-0.4, -0.2) is 31.5 Å². The van der Waals surface area contributed by atoms with Crippen LogP contribution in [0.2, 0.25) is 0 Å². The third-order valence-corrected chi connectivity index (χ3v) is 2.77. The highest BCUT2D eigenvalue weighted by Gasteiger charge is 2.12. The van der Waals surface area contributed by atoms with Crippen molar-refractivity contribution in [3.63, 3.8) is 0 Å². The Kier molecular flexibility index (Phi) is 6.88. The van der Waals surface area contributed by atoms with Gasteiger partial charge in [-0.3, -0.25) is 25.2 Å². The van der Waals surface area contributed by atoms with Gasteiger partial charge in [0.2, 0.25) is 5.91 Å². The summed E-state index contributed by atoms with van der Waals surface area (Å²) >= 11 is 0. The highest BCUT2D eigenvalue weighted by Crippen LogP contribution is 2.25. The van der Waals surface area contributed by atoms with Gasteiger partial charge in [-0.25, -0.2) is 0 Å². The molecule has 0 spiro atoms. The lowest BCUT2D eigenvalue weighted by atomic mass is 10.0. The van der Waals surface area contributed by atoms with Crippen LogP contribution >= 0.6 is 0 Å². The van der Waals surface area contributed by atoms with Crippen LogP contribution in [-0.2, 0) is 19.1 Å². The van der Waals surface area contributed by atoms with Crippen LogP contribution in [0, 0.1) is 0 Å². The molecule has 2 N–H and O–H groups in total. The first-order valence-corrected chi connectivity index (χ1v) is 6.80. The number of carbonyl (C=O) groups is 3. The number of methoxy groups -OCH3 is 1. The van der Waals surface area contributed by atoms with Crippen molar-refractivity contribution in [2.45, 2.75) is 26.2 Å². The van der Waals surface area contributed by atoms with Crippen LogP contribution in [0.15, 0.2) is 24.3 Å². The zero-order valence-electron chi connectivity index (χ0n) is 12.8. The number of hydrogen-bond acceptors (Lipinski definition) is 5. The van der Waals surface area contributed by atoms with Crippen LogP contribution in [0.5, 0.6) is 5.75 Å². The monoisotopic (exact) mass is 308 g/mol. The fourth-order valence-electron chi connectivity index (χ4n) is 1.66. The van der Waals surface area contributed by atoms with Crippen molar-refractivity contribution in [1.29, 1.82) is 0 Å². The molecule has 0 saturated heterocycles. The van der Waals surface area contributed by atoms with Crippen molar-refractivity contribution in [3.05, 3.63) is 29.8 Å². The molecule has 0 fully saturated rings. The van der Waals surface area contributed by atoms with Crippen LogP contribution in [0.25, 0.3) is 0 Å². The highest BCUT2D eigenvalue weighted by atomic mass is 16.5. The molecule has 1 rings (SSSR count). The second-order valence-electron chi connectivity index (χ2n) is 4.83. The van der Waals surface area contributed by atoms with Crippen molar-refractivity contribution in [2.75, 3.05) is 13.7 Å². The van der Waals surface area contributed by atoms with E-state index in [1.807, 2.05) is 32.0 Å². The summed E-state index contributed by atoms with van der Waals surface area (Å²) in [6.07, 6.45) is -0.464. The van der Waals surface area contributed by atoms with Gasteiger partial charge in [0.15, 0.2) is 6.61 Å². The number of esters is 1. The van der Waals surface area contributed by atoms with E-state index in [1.54, 1.807) is 6.07 Å². The van der Waals surface area contributed by atoms with Crippen molar-refractivity contribution >= 4 is 17.8 Å². The number of carbonyl (C=O) groups excluding carboxylic acids is 3. The van der Waals surface area contributed by atoms with Gasteiger partial charge >= 0.3 is 5.97 Å². The minimum Gasteiger partial charge on any atom is -0.483 e. The van der Waals surface area contributed by atoms with E-state index in [1.165, 1.54) is 7.11 Å². The van der Waals surface area contributed by atoms with E-state index in [0.717, 1.165) is 5.56 Å². The molecule has 0 aliphatic heterocycles. The first kappa shape index (κ1) is 17.5. The van der Waals surface area contributed by atoms with E-state index in [-0.39, 0.29) is 12.5 Å². The predicted molar refractivity (Wildman–Crippen MR) is 78.9 cm³/mol. The molecule has 7 heteroatoms. The predicted octanol–water partition coefficient (Wildman–Crippen LogP) is 0.899. The second-order valence-corrected chi connectivity index (χ2v) is 4.83. The zero-order chi connectivity index (χ0) is 16.5. The fourth-order valence-corrected chi connectivity index (χ4v) is 1.66. The summed E-state index contributed by atoms with van der Waals surface area (Å²) in [5, 5.41) is 0. The molecule has 2 amide bonds. The molecule has 0 aliphatic carbocycles. The summed E-state index contributed by atoms with van der Waals surface area (Å²) in [7, 11) is 1.17. The second kappa shape index (κ2) is 8.66. The number of benzene rings is 1. The molecule has 0 unspecified atom stereocenters. The third kappa shape index (κ3) is 5.82. The number of hydrogen-bond donors (Lipinski definition) is 2. The first-order valence-electron chi connectivity index (χ1n) is 6.80. The van der Waals surface area contributed by atoms with Crippen LogP contribution in [0.1, 0.15) is 31.7 Å². The summed E-state index contributed by atoms with van der Waals surface area (Å²) in [5.41, 5.74) is 5.25. The Hall–Kier alpha value is -2.57. The van der Waals surface area contributed by atoms with Crippen molar-refractivity contribution in [1.82, 2.24) is 10.9 Å². The van der Waals surface area contributed by atoms with E-state index in [4.69, 9.17) is 4.74 Å². The lowest BCUT2D eigenvalue weighted by Gasteiger charge is -2.13. The van der Waals surface area contributed by atoms with Crippen LogP contribution in [0.4, 0.5) is 0 Å². The number of amides is 2. The number of hydrazine groups is 1. The van der Waals surface area contributed by atoms with Gasteiger partial charge in [0, 0.05) is 0 Å². The molecule has 1 aromatic carbocycles. The molecule has 0 bridgehead atoms. The molecule has 1 aromatic rings. The van der Waals surface area contributed by atoms with E-state index in [9.17, 15) is 14.4 Å².